The zero-order valence-electron chi connectivity index (χ0n) is 17.9. The first-order chi connectivity index (χ1) is 15.2. The molecule has 162 valence electrons. The minimum atomic E-state index is -0.269. The van der Waals surface area contributed by atoms with Crippen molar-refractivity contribution < 1.29 is 4.79 Å². The third kappa shape index (κ3) is 4.89. The van der Waals surface area contributed by atoms with Crippen LogP contribution in [0.4, 0.5) is 22.2 Å². The Labute approximate surface area is 181 Å². The highest BCUT2D eigenvalue weighted by Gasteiger charge is 2.23. The molecule has 0 saturated carbocycles. The highest BCUT2D eigenvalue weighted by molar-refractivity contribution is 5.90. The van der Waals surface area contributed by atoms with E-state index in [0.29, 0.717) is 24.0 Å². The lowest BCUT2D eigenvalue weighted by Gasteiger charge is -2.37. The van der Waals surface area contributed by atoms with Gasteiger partial charge < -0.3 is 10.6 Å². The van der Waals surface area contributed by atoms with Crippen molar-refractivity contribution in [1.29, 1.82) is 0 Å². The van der Waals surface area contributed by atoms with E-state index in [0.717, 1.165) is 49.2 Å². The molecule has 3 heterocycles. The summed E-state index contributed by atoms with van der Waals surface area (Å²) in [4.78, 5) is 26.1. The molecule has 0 unspecified atom stereocenters. The van der Waals surface area contributed by atoms with Crippen LogP contribution < -0.4 is 21.0 Å². The van der Waals surface area contributed by atoms with Gasteiger partial charge in [-0.15, -0.1) is 0 Å². The maximum atomic E-state index is 12.1. The molecule has 2 aromatic heterocycles. The van der Waals surface area contributed by atoms with Gasteiger partial charge in [0.05, 0.1) is 5.69 Å². The van der Waals surface area contributed by atoms with Crippen LogP contribution in [0.2, 0.25) is 0 Å². The molecule has 1 aliphatic heterocycles. The fraction of sp³-hybridized carbons (Fsp3) is 0.364. The average molecular weight is 421 g/mol. The molecule has 4 rings (SSSR count). The molecule has 0 bridgehead atoms. The molecule has 1 fully saturated rings. The lowest BCUT2D eigenvalue weighted by molar-refractivity contribution is 0.240. The fourth-order valence-corrected chi connectivity index (χ4v) is 3.55. The lowest BCUT2D eigenvalue weighted by Crippen LogP contribution is -2.51. The van der Waals surface area contributed by atoms with Gasteiger partial charge in [-0.25, -0.2) is 24.8 Å². The number of urea groups is 1. The van der Waals surface area contributed by atoms with Gasteiger partial charge in [0.15, 0.2) is 5.65 Å². The molecule has 2 amide bonds. The molecule has 31 heavy (non-hydrogen) atoms. The maximum Gasteiger partial charge on any atom is 0.320 e. The van der Waals surface area contributed by atoms with E-state index < -0.39 is 0 Å². The minimum absolute atomic E-state index is 0.269. The Bertz CT molecular complexity index is 1040. The summed E-state index contributed by atoms with van der Waals surface area (Å²) in [5.74, 6) is 1.02. The number of pyridine rings is 1. The summed E-state index contributed by atoms with van der Waals surface area (Å²) in [7, 11) is 0. The highest BCUT2D eigenvalue weighted by Crippen LogP contribution is 2.27. The zero-order chi connectivity index (χ0) is 21.6. The zero-order valence-corrected chi connectivity index (χ0v) is 17.9. The van der Waals surface area contributed by atoms with Crippen molar-refractivity contribution in [3.8, 4) is 0 Å². The lowest BCUT2D eigenvalue weighted by atomic mass is 10.2. The Morgan fingerprint density at radius 2 is 1.97 bits per heavy atom. The van der Waals surface area contributed by atoms with Gasteiger partial charge in [-0.2, -0.15) is 4.98 Å². The molecule has 0 spiro atoms. The Balaban J connectivity index is 1.70. The summed E-state index contributed by atoms with van der Waals surface area (Å²) in [5, 5.41) is 14.1. The van der Waals surface area contributed by atoms with Crippen LogP contribution in [0.25, 0.3) is 11.0 Å². The first-order valence-electron chi connectivity index (χ1n) is 10.7. The topological polar surface area (TPSA) is 98.3 Å². The van der Waals surface area contributed by atoms with E-state index in [1.165, 1.54) is 0 Å². The Kier molecular flexibility index (Phi) is 6.54. The van der Waals surface area contributed by atoms with Gasteiger partial charge in [0, 0.05) is 44.3 Å². The van der Waals surface area contributed by atoms with Crippen LogP contribution in [-0.2, 0) is 0 Å². The first-order valence-corrected chi connectivity index (χ1v) is 10.7. The SMILES string of the molecule is CCCNC(=O)Nc1cc(C)c2cnc(N(c3ccccc3)N3CCNCC3)nc2n1. The Morgan fingerprint density at radius 3 is 2.71 bits per heavy atom. The van der Waals surface area contributed by atoms with Crippen LogP contribution in [0, 0.1) is 6.92 Å². The molecule has 3 N–H and O–H groups in total. The smallest absolute Gasteiger partial charge is 0.320 e. The fourth-order valence-electron chi connectivity index (χ4n) is 3.55. The third-order valence-corrected chi connectivity index (χ3v) is 5.10. The van der Waals surface area contributed by atoms with E-state index in [1.54, 1.807) is 6.20 Å². The van der Waals surface area contributed by atoms with Crippen LogP contribution in [0.3, 0.4) is 0 Å². The first kappa shape index (κ1) is 21.0. The number of rotatable bonds is 6. The number of benzene rings is 1. The molecule has 1 aromatic carbocycles. The number of carbonyl (C=O) groups is 1. The van der Waals surface area contributed by atoms with E-state index in [4.69, 9.17) is 4.98 Å². The standard InChI is InChI=1S/C22H28N8O/c1-3-9-24-22(31)27-19-14-16(2)18-15-25-21(28-20(18)26-19)30(17-7-5-4-6-8-17)29-12-10-23-11-13-29/h4-8,14-15,23H,3,9-13H2,1-2H3,(H2,24,25,26,27,28,31). The normalized spacial score (nSPS) is 14.4. The van der Waals surface area contributed by atoms with Crippen LogP contribution in [0.15, 0.2) is 42.6 Å². The van der Waals surface area contributed by atoms with Crippen molar-refractivity contribution in [2.45, 2.75) is 20.3 Å². The van der Waals surface area contributed by atoms with E-state index in [1.807, 2.05) is 55.3 Å². The number of hydrazine groups is 1. The van der Waals surface area contributed by atoms with Crippen LogP contribution in [0.1, 0.15) is 18.9 Å². The maximum absolute atomic E-state index is 12.1. The quantitative estimate of drug-likeness (QED) is 0.564. The number of para-hydroxylation sites is 1. The molecule has 0 atom stereocenters. The number of fused-ring (bicyclic) bond motifs is 1. The third-order valence-electron chi connectivity index (χ3n) is 5.10. The van der Waals surface area contributed by atoms with Crippen molar-refractivity contribution in [3.63, 3.8) is 0 Å². The number of amides is 2. The Morgan fingerprint density at radius 1 is 1.19 bits per heavy atom. The van der Waals surface area contributed by atoms with Crippen LogP contribution >= 0.6 is 0 Å². The number of piperazine rings is 1. The number of aromatic nitrogens is 3. The number of hydrogen-bond donors (Lipinski definition) is 3. The van der Waals surface area contributed by atoms with E-state index in [-0.39, 0.29) is 6.03 Å². The van der Waals surface area contributed by atoms with Crippen LogP contribution in [-0.4, -0.2) is 58.7 Å². The van der Waals surface area contributed by atoms with E-state index >= 15 is 0 Å². The number of aryl methyl sites for hydroxylation is 1. The van der Waals surface area contributed by atoms with Gasteiger partial charge in [-0.3, -0.25) is 5.32 Å². The van der Waals surface area contributed by atoms with Crippen molar-refractivity contribution >= 4 is 34.5 Å². The van der Waals surface area contributed by atoms with Crippen molar-refractivity contribution in [1.82, 2.24) is 30.6 Å². The molecule has 1 aliphatic rings. The predicted molar refractivity (Wildman–Crippen MR) is 122 cm³/mol. The summed E-state index contributed by atoms with van der Waals surface area (Å²) in [6.07, 6.45) is 2.68. The van der Waals surface area contributed by atoms with Gasteiger partial charge in [-0.1, -0.05) is 25.1 Å². The van der Waals surface area contributed by atoms with Crippen LogP contribution in [0.5, 0.6) is 0 Å². The number of nitrogens with zero attached hydrogens (tertiary/aromatic N) is 5. The van der Waals surface area contributed by atoms with Gasteiger partial charge in [0.25, 0.3) is 0 Å². The van der Waals surface area contributed by atoms with E-state index in [2.05, 4.69) is 30.9 Å². The van der Waals surface area contributed by atoms with Crippen molar-refractivity contribution in [3.05, 3.63) is 48.2 Å². The molecule has 9 nitrogen and oxygen atoms in total. The molecule has 0 radical (unpaired) electrons. The van der Waals surface area contributed by atoms with Gasteiger partial charge in [0.2, 0.25) is 5.95 Å². The summed E-state index contributed by atoms with van der Waals surface area (Å²) in [5.41, 5.74) is 2.50. The second-order valence-corrected chi connectivity index (χ2v) is 7.46. The summed E-state index contributed by atoms with van der Waals surface area (Å²) in [6.45, 7) is 8.08. The van der Waals surface area contributed by atoms with Gasteiger partial charge in [-0.05, 0) is 37.1 Å². The second-order valence-electron chi connectivity index (χ2n) is 7.46. The van der Waals surface area contributed by atoms with Gasteiger partial charge in [0.1, 0.15) is 5.82 Å². The number of carbonyl (C=O) groups excluding carboxylic acids is 1. The molecular formula is C22H28N8O. The molecule has 0 aliphatic carbocycles. The van der Waals surface area contributed by atoms with Gasteiger partial charge >= 0.3 is 6.03 Å². The molecule has 3 aromatic rings. The number of hydrogen-bond acceptors (Lipinski definition) is 7. The summed E-state index contributed by atoms with van der Waals surface area (Å²) in [6, 6.07) is 11.7. The van der Waals surface area contributed by atoms with E-state index in [9.17, 15) is 4.79 Å². The van der Waals surface area contributed by atoms with Crippen molar-refractivity contribution in [2.24, 2.45) is 0 Å². The monoisotopic (exact) mass is 420 g/mol. The molecular weight excluding hydrogens is 392 g/mol. The number of anilines is 3. The predicted octanol–water partition coefficient (Wildman–Crippen LogP) is 2.82. The Hall–Kier alpha value is -3.30. The highest BCUT2D eigenvalue weighted by atomic mass is 16.2. The summed E-state index contributed by atoms with van der Waals surface area (Å²) >= 11 is 0. The average Bonchev–Trinajstić information content (AvgIpc) is 2.79. The largest absolute Gasteiger partial charge is 0.338 e. The minimum Gasteiger partial charge on any atom is -0.338 e. The summed E-state index contributed by atoms with van der Waals surface area (Å²) < 4.78 is 0. The second kappa shape index (κ2) is 9.67. The molecule has 1 saturated heterocycles. The number of nitrogens with one attached hydrogen (secondary N) is 3. The molecule has 9 heteroatoms. The van der Waals surface area contributed by atoms with Crippen molar-refractivity contribution in [2.75, 3.05) is 43.0 Å².